The monoisotopic (exact) mass is 247 g/mol. The minimum Gasteiger partial charge on any atom is -0.356 e. The van der Waals surface area contributed by atoms with E-state index >= 15 is 0 Å². The zero-order valence-electron chi connectivity index (χ0n) is 10.8. The predicted molar refractivity (Wildman–Crippen MR) is 70.7 cm³/mol. The maximum Gasteiger partial charge on any atom is 0.244 e. The summed E-state index contributed by atoms with van der Waals surface area (Å²) in [7, 11) is 1.60. The van der Waals surface area contributed by atoms with Gasteiger partial charge < -0.3 is 5.32 Å². The summed E-state index contributed by atoms with van der Waals surface area (Å²) in [5, 5.41) is 2.58. The molecule has 0 aliphatic heterocycles. The highest BCUT2D eigenvalue weighted by atomic mass is 19.1. The number of likely N-dealkylation sites (N-methyl/N-ethyl adjacent to an activating group) is 1. The van der Waals surface area contributed by atoms with Crippen LogP contribution < -0.4 is 5.32 Å². The van der Waals surface area contributed by atoms with E-state index in [1.807, 2.05) is 6.07 Å². The first-order valence-corrected chi connectivity index (χ1v) is 6.37. The highest BCUT2D eigenvalue weighted by Gasteiger charge is 2.26. The van der Waals surface area contributed by atoms with E-state index in [0.717, 1.165) is 30.4 Å². The number of nitrogens with one attached hydrogen (secondary N) is 1. The molecule has 1 unspecified atom stereocenters. The average Bonchev–Trinajstić information content (AvgIpc) is 2.67. The van der Waals surface area contributed by atoms with Gasteiger partial charge in [0.05, 0.1) is 0 Å². The second-order valence-corrected chi connectivity index (χ2v) is 4.71. The van der Waals surface area contributed by atoms with E-state index < -0.39 is 0 Å². The van der Waals surface area contributed by atoms with Crippen molar-refractivity contribution in [1.82, 2.24) is 5.32 Å². The fourth-order valence-corrected chi connectivity index (χ4v) is 2.62. The fourth-order valence-electron chi connectivity index (χ4n) is 2.62. The molecule has 0 bridgehead atoms. The van der Waals surface area contributed by atoms with Crippen LogP contribution >= 0.6 is 0 Å². The van der Waals surface area contributed by atoms with Gasteiger partial charge in [-0.1, -0.05) is 19.4 Å². The van der Waals surface area contributed by atoms with E-state index in [0.29, 0.717) is 5.92 Å². The number of amides is 1. The topological polar surface area (TPSA) is 29.1 Å². The van der Waals surface area contributed by atoms with Gasteiger partial charge in [0.2, 0.25) is 5.91 Å². The molecule has 2 rings (SSSR count). The summed E-state index contributed by atoms with van der Waals surface area (Å²) in [5.41, 5.74) is 3.02. The lowest BCUT2D eigenvalue weighted by atomic mass is 9.97. The van der Waals surface area contributed by atoms with Gasteiger partial charge >= 0.3 is 0 Å². The Kier molecular flexibility index (Phi) is 3.80. The molecule has 1 aromatic carbocycles. The van der Waals surface area contributed by atoms with Crippen molar-refractivity contribution in [1.29, 1.82) is 0 Å². The summed E-state index contributed by atoms with van der Waals surface area (Å²) in [6.45, 7) is 2.14. The van der Waals surface area contributed by atoms with Crippen LogP contribution in [0.2, 0.25) is 0 Å². The van der Waals surface area contributed by atoms with Crippen molar-refractivity contribution in [3.8, 4) is 0 Å². The van der Waals surface area contributed by atoms with Crippen LogP contribution in [-0.2, 0) is 4.79 Å². The summed E-state index contributed by atoms with van der Waals surface area (Å²) >= 11 is 0. The quantitative estimate of drug-likeness (QED) is 0.816. The maximum atomic E-state index is 13.3. The van der Waals surface area contributed by atoms with Crippen LogP contribution in [0.5, 0.6) is 0 Å². The molecular weight excluding hydrogens is 229 g/mol. The minimum atomic E-state index is -0.242. The molecule has 3 heteroatoms. The summed E-state index contributed by atoms with van der Waals surface area (Å²) in [5.74, 6) is 0.0487. The molecule has 0 aromatic heterocycles. The molecule has 0 saturated heterocycles. The van der Waals surface area contributed by atoms with Gasteiger partial charge in [0.15, 0.2) is 0 Å². The SMILES string of the molecule is CCCC1CC(=CC(=O)NC)c2cc(F)ccc21. The van der Waals surface area contributed by atoms with Gasteiger partial charge in [-0.3, -0.25) is 4.79 Å². The van der Waals surface area contributed by atoms with Crippen LogP contribution in [0.25, 0.3) is 5.57 Å². The van der Waals surface area contributed by atoms with Crippen molar-refractivity contribution in [2.75, 3.05) is 7.05 Å². The molecular formula is C15H18FNO. The Labute approximate surface area is 107 Å². The molecule has 2 nitrogen and oxygen atoms in total. The lowest BCUT2D eigenvalue weighted by Crippen LogP contribution is -2.14. The molecule has 1 aromatic rings. The Morgan fingerprint density at radius 2 is 2.33 bits per heavy atom. The highest BCUT2D eigenvalue weighted by Crippen LogP contribution is 2.43. The summed E-state index contributed by atoms with van der Waals surface area (Å²) < 4.78 is 13.3. The minimum absolute atomic E-state index is 0.127. The van der Waals surface area contributed by atoms with E-state index in [1.165, 1.54) is 11.6 Å². The number of carbonyl (C=O) groups is 1. The molecule has 0 radical (unpaired) electrons. The summed E-state index contributed by atoms with van der Waals surface area (Å²) in [6.07, 6.45) is 4.59. The predicted octanol–water partition coefficient (Wildman–Crippen LogP) is 3.24. The van der Waals surface area contributed by atoms with Gasteiger partial charge in [0.25, 0.3) is 0 Å². The van der Waals surface area contributed by atoms with Crippen molar-refractivity contribution in [3.05, 3.63) is 41.2 Å². The van der Waals surface area contributed by atoms with Crippen molar-refractivity contribution < 1.29 is 9.18 Å². The number of rotatable bonds is 3. The molecule has 1 amide bonds. The van der Waals surface area contributed by atoms with Crippen LogP contribution in [0.1, 0.15) is 43.2 Å². The third kappa shape index (κ3) is 2.45. The first kappa shape index (κ1) is 12.8. The lowest BCUT2D eigenvalue weighted by Gasteiger charge is -2.08. The van der Waals surface area contributed by atoms with Crippen molar-refractivity contribution in [2.45, 2.75) is 32.1 Å². The van der Waals surface area contributed by atoms with Crippen LogP contribution in [0.15, 0.2) is 24.3 Å². The molecule has 1 N–H and O–H groups in total. The Balaban J connectivity index is 2.40. The number of carbonyl (C=O) groups excluding carboxylic acids is 1. The number of hydrogen-bond acceptors (Lipinski definition) is 1. The van der Waals surface area contributed by atoms with E-state index in [9.17, 15) is 9.18 Å². The average molecular weight is 247 g/mol. The Hall–Kier alpha value is -1.64. The van der Waals surface area contributed by atoms with E-state index in [-0.39, 0.29) is 11.7 Å². The Morgan fingerprint density at radius 1 is 1.56 bits per heavy atom. The second kappa shape index (κ2) is 5.34. The van der Waals surface area contributed by atoms with Gasteiger partial charge in [0.1, 0.15) is 5.82 Å². The van der Waals surface area contributed by atoms with Gasteiger partial charge in [-0.25, -0.2) is 4.39 Å². The van der Waals surface area contributed by atoms with Crippen LogP contribution in [0.4, 0.5) is 4.39 Å². The zero-order valence-corrected chi connectivity index (χ0v) is 10.8. The first-order chi connectivity index (χ1) is 8.65. The van der Waals surface area contributed by atoms with Gasteiger partial charge in [-0.2, -0.15) is 0 Å². The van der Waals surface area contributed by atoms with Crippen molar-refractivity contribution in [3.63, 3.8) is 0 Å². The molecule has 1 aliphatic rings. The number of hydrogen-bond donors (Lipinski definition) is 1. The smallest absolute Gasteiger partial charge is 0.244 e. The van der Waals surface area contributed by atoms with E-state index in [1.54, 1.807) is 19.2 Å². The molecule has 96 valence electrons. The molecule has 0 heterocycles. The van der Waals surface area contributed by atoms with Gasteiger partial charge in [-0.05, 0) is 47.6 Å². The van der Waals surface area contributed by atoms with Crippen LogP contribution in [0, 0.1) is 5.82 Å². The molecule has 0 fully saturated rings. The largest absolute Gasteiger partial charge is 0.356 e. The maximum absolute atomic E-state index is 13.3. The molecule has 0 saturated carbocycles. The number of halogens is 1. The van der Waals surface area contributed by atoms with Crippen molar-refractivity contribution in [2.24, 2.45) is 0 Å². The van der Waals surface area contributed by atoms with E-state index in [2.05, 4.69) is 12.2 Å². The zero-order chi connectivity index (χ0) is 13.1. The molecule has 1 atom stereocenters. The summed E-state index contributed by atoms with van der Waals surface area (Å²) in [4.78, 5) is 11.4. The third-order valence-corrected chi connectivity index (χ3v) is 3.46. The van der Waals surface area contributed by atoms with E-state index in [4.69, 9.17) is 0 Å². The Bertz CT molecular complexity index is 493. The standard InChI is InChI=1S/C15H18FNO/c1-3-4-10-7-11(8-15(18)17-2)14-9-12(16)5-6-13(10)14/h5-6,8-10H,3-4,7H2,1-2H3,(H,17,18). The van der Waals surface area contributed by atoms with Crippen molar-refractivity contribution >= 4 is 11.5 Å². The number of benzene rings is 1. The van der Waals surface area contributed by atoms with Gasteiger partial charge in [-0.15, -0.1) is 0 Å². The third-order valence-electron chi connectivity index (χ3n) is 3.46. The molecule has 0 spiro atoms. The summed E-state index contributed by atoms with van der Waals surface area (Å²) in [6, 6.07) is 4.90. The first-order valence-electron chi connectivity index (χ1n) is 6.37. The number of allylic oxidation sites excluding steroid dienone is 1. The highest BCUT2D eigenvalue weighted by molar-refractivity contribution is 5.96. The second-order valence-electron chi connectivity index (χ2n) is 4.71. The Morgan fingerprint density at radius 3 is 3.00 bits per heavy atom. The lowest BCUT2D eigenvalue weighted by molar-refractivity contribution is -0.116. The fraction of sp³-hybridized carbons (Fsp3) is 0.400. The number of fused-ring (bicyclic) bond motifs is 1. The van der Waals surface area contributed by atoms with Crippen LogP contribution in [-0.4, -0.2) is 13.0 Å². The molecule has 1 aliphatic carbocycles. The molecule has 18 heavy (non-hydrogen) atoms. The van der Waals surface area contributed by atoms with Gasteiger partial charge in [0, 0.05) is 13.1 Å². The van der Waals surface area contributed by atoms with Crippen LogP contribution in [0.3, 0.4) is 0 Å². The normalized spacial score (nSPS) is 19.9.